The van der Waals surface area contributed by atoms with E-state index in [0.29, 0.717) is 6.73 Å². The topological polar surface area (TPSA) is 18.0 Å². The van der Waals surface area contributed by atoms with Crippen molar-refractivity contribution in [1.29, 1.82) is 0 Å². The van der Waals surface area contributed by atoms with Crippen LogP contribution in [-0.4, -0.2) is 11.2 Å². The van der Waals surface area contributed by atoms with Crippen molar-refractivity contribution in [3.05, 3.63) is 42.7 Å². The fourth-order valence-electron chi connectivity index (χ4n) is 3.75. The molecule has 0 spiro atoms. The van der Waals surface area contributed by atoms with Crippen LogP contribution in [-0.2, 0) is 18.0 Å². The third-order valence-corrected chi connectivity index (χ3v) is 5.33. The van der Waals surface area contributed by atoms with E-state index in [1.165, 1.54) is 75.6 Å². The van der Waals surface area contributed by atoms with Gasteiger partial charge in [0, 0.05) is 0 Å². The highest BCUT2D eigenvalue weighted by atomic mass is 35.5. The van der Waals surface area contributed by atoms with Crippen LogP contribution in [0, 0.1) is 0 Å². The highest BCUT2D eigenvalue weighted by molar-refractivity contribution is 5.52. The largest absolute Gasteiger partial charge is 1.00 e. The fraction of sp³-hybridized carbons (Fsp3) is 0.640. The molecule has 0 fully saturated rings. The number of unbranched alkanes of at least 4 members (excludes halogenated alkanes) is 9. The van der Waals surface area contributed by atoms with Crippen LogP contribution in [0.25, 0.3) is 11.4 Å². The molecule has 1 aromatic heterocycles. The lowest BCUT2D eigenvalue weighted by Gasteiger charge is -2.06. The Balaban J connectivity index is 0.00000420. The van der Waals surface area contributed by atoms with E-state index in [1.807, 2.05) is 0 Å². The minimum absolute atomic E-state index is 0. The molecule has 0 aliphatic carbocycles. The zero-order chi connectivity index (χ0) is 19.9. The molecule has 0 amide bonds. The second kappa shape index (κ2) is 16.5. The second-order valence-corrected chi connectivity index (χ2v) is 7.87. The van der Waals surface area contributed by atoms with E-state index < -0.39 is 0 Å². The first-order valence-electron chi connectivity index (χ1n) is 11.6. The molecule has 0 bridgehead atoms. The maximum atomic E-state index is 5.80. The molecule has 2 rings (SSSR count). The number of benzene rings is 1. The van der Waals surface area contributed by atoms with Crippen LogP contribution in [0.5, 0.6) is 0 Å². The molecule has 0 saturated heterocycles. The molecule has 0 unspecified atom stereocenters. The SMILES string of the molecule is CCCCCCCCCCCCn1cc[n+](COCCC)c1-c1ccccc1.[Cl-]. The van der Waals surface area contributed by atoms with Gasteiger partial charge in [-0.2, -0.15) is 0 Å². The predicted octanol–water partition coefficient (Wildman–Crippen LogP) is 3.75. The van der Waals surface area contributed by atoms with Crippen LogP contribution < -0.4 is 17.0 Å². The molecule has 29 heavy (non-hydrogen) atoms. The van der Waals surface area contributed by atoms with Crippen molar-refractivity contribution in [2.24, 2.45) is 0 Å². The number of hydrogen-bond donors (Lipinski definition) is 0. The third kappa shape index (κ3) is 9.82. The molecular formula is C25H41ClN2O. The Morgan fingerprint density at radius 1 is 0.793 bits per heavy atom. The monoisotopic (exact) mass is 420 g/mol. The minimum Gasteiger partial charge on any atom is -1.00 e. The Hall–Kier alpha value is -1.32. The van der Waals surface area contributed by atoms with Gasteiger partial charge in [-0.05, 0) is 31.4 Å². The summed E-state index contributed by atoms with van der Waals surface area (Å²) in [7, 11) is 0. The Labute approximate surface area is 184 Å². The number of ether oxygens (including phenoxy) is 1. The predicted molar refractivity (Wildman–Crippen MR) is 118 cm³/mol. The first-order chi connectivity index (χ1) is 13.9. The van der Waals surface area contributed by atoms with Gasteiger partial charge in [-0.3, -0.25) is 0 Å². The van der Waals surface area contributed by atoms with E-state index in [0.717, 1.165) is 19.6 Å². The molecular weight excluding hydrogens is 380 g/mol. The molecule has 0 atom stereocenters. The zero-order valence-electron chi connectivity index (χ0n) is 18.6. The van der Waals surface area contributed by atoms with Gasteiger partial charge in [-0.1, -0.05) is 83.4 Å². The van der Waals surface area contributed by atoms with Crippen LogP contribution >= 0.6 is 0 Å². The van der Waals surface area contributed by atoms with Crippen molar-refractivity contribution >= 4 is 0 Å². The van der Waals surface area contributed by atoms with E-state index >= 15 is 0 Å². The molecule has 0 radical (unpaired) electrons. The summed E-state index contributed by atoms with van der Waals surface area (Å²) in [6.07, 6.45) is 19.2. The van der Waals surface area contributed by atoms with Gasteiger partial charge in [0.05, 0.1) is 18.7 Å². The lowest BCUT2D eigenvalue weighted by atomic mass is 10.1. The summed E-state index contributed by atoms with van der Waals surface area (Å²) < 4.78 is 10.4. The van der Waals surface area contributed by atoms with Crippen LogP contribution in [0.3, 0.4) is 0 Å². The summed E-state index contributed by atoms with van der Waals surface area (Å²) in [5, 5.41) is 0. The molecule has 0 aliphatic rings. The van der Waals surface area contributed by atoms with Gasteiger partial charge in [0.1, 0.15) is 12.4 Å². The number of imidazole rings is 1. The summed E-state index contributed by atoms with van der Waals surface area (Å²) in [5.74, 6) is 1.26. The van der Waals surface area contributed by atoms with Gasteiger partial charge in [0.25, 0.3) is 5.82 Å². The van der Waals surface area contributed by atoms with Gasteiger partial charge >= 0.3 is 0 Å². The van der Waals surface area contributed by atoms with E-state index in [9.17, 15) is 0 Å². The highest BCUT2D eigenvalue weighted by Crippen LogP contribution is 2.17. The van der Waals surface area contributed by atoms with E-state index in [-0.39, 0.29) is 12.4 Å². The Morgan fingerprint density at radius 2 is 1.41 bits per heavy atom. The number of rotatable bonds is 16. The van der Waals surface area contributed by atoms with E-state index in [4.69, 9.17) is 4.74 Å². The number of hydrogen-bond acceptors (Lipinski definition) is 1. The van der Waals surface area contributed by atoms with Gasteiger partial charge < -0.3 is 17.1 Å². The fourth-order valence-corrected chi connectivity index (χ4v) is 3.75. The maximum absolute atomic E-state index is 5.80. The summed E-state index contributed by atoms with van der Waals surface area (Å²) in [6, 6.07) is 10.7. The van der Waals surface area contributed by atoms with Gasteiger partial charge in [0.15, 0.2) is 6.73 Å². The molecule has 4 heteroatoms. The first kappa shape index (κ1) is 25.7. The van der Waals surface area contributed by atoms with Gasteiger partial charge in [-0.15, -0.1) is 0 Å². The third-order valence-electron chi connectivity index (χ3n) is 5.33. The Bertz CT molecular complexity index is 627. The summed E-state index contributed by atoms with van der Waals surface area (Å²) >= 11 is 0. The molecule has 0 aliphatic heterocycles. The highest BCUT2D eigenvalue weighted by Gasteiger charge is 2.18. The molecule has 1 heterocycles. The Morgan fingerprint density at radius 3 is 2.03 bits per heavy atom. The summed E-state index contributed by atoms with van der Waals surface area (Å²) in [6.45, 7) is 6.96. The average Bonchev–Trinajstić information content (AvgIpc) is 3.13. The first-order valence-corrected chi connectivity index (χ1v) is 11.6. The normalized spacial score (nSPS) is 10.8. The second-order valence-electron chi connectivity index (χ2n) is 7.87. The van der Waals surface area contributed by atoms with Crippen molar-refractivity contribution in [3.8, 4) is 11.4 Å². The lowest BCUT2D eigenvalue weighted by Crippen LogP contribution is -3.00. The van der Waals surface area contributed by atoms with Crippen molar-refractivity contribution in [1.82, 2.24) is 4.57 Å². The maximum Gasteiger partial charge on any atom is 0.290 e. The molecule has 1 aromatic carbocycles. The standard InChI is InChI=1S/C25H41N2O.ClH/c1-3-5-6-7-8-9-10-11-12-16-19-26-20-21-27(23-28-22-4-2)25(26)24-17-14-13-15-18-24;/h13-15,17-18,20-21H,3-12,16,19,22-23H2,1-2H3;1H/q+1;/p-1. The lowest BCUT2D eigenvalue weighted by molar-refractivity contribution is -0.722. The van der Waals surface area contributed by atoms with Crippen LogP contribution in [0.2, 0.25) is 0 Å². The quantitative estimate of drug-likeness (QED) is 0.299. The number of aryl methyl sites for hydroxylation is 1. The van der Waals surface area contributed by atoms with Crippen LogP contribution in [0.1, 0.15) is 84.5 Å². The molecule has 0 N–H and O–H groups in total. The van der Waals surface area contributed by atoms with Crippen LogP contribution in [0.15, 0.2) is 42.7 Å². The number of nitrogens with zero attached hydrogens (tertiary/aromatic N) is 2. The van der Waals surface area contributed by atoms with E-state index in [1.54, 1.807) is 0 Å². The van der Waals surface area contributed by atoms with Crippen LogP contribution in [0.4, 0.5) is 0 Å². The molecule has 0 saturated carbocycles. The summed E-state index contributed by atoms with van der Waals surface area (Å²) in [5.41, 5.74) is 1.26. The molecule has 164 valence electrons. The van der Waals surface area contributed by atoms with Crippen molar-refractivity contribution in [2.45, 2.75) is 97.8 Å². The summed E-state index contributed by atoms with van der Waals surface area (Å²) in [4.78, 5) is 0. The van der Waals surface area contributed by atoms with Crippen molar-refractivity contribution in [2.75, 3.05) is 6.61 Å². The zero-order valence-corrected chi connectivity index (χ0v) is 19.4. The Kier molecular flexibility index (Phi) is 14.6. The molecule has 3 nitrogen and oxygen atoms in total. The minimum atomic E-state index is 0. The molecule has 2 aromatic rings. The van der Waals surface area contributed by atoms with Gasteiger partial charge in [-0.25, -0.2) is 9.13 Å². The van der Waals surface area contributed by atoms with Crippen molar-refractivity contribution < 1.29 is 21.7 Å². The van der Waals surface area contributed by atoms with Gasteiger partial charge in [0.2, 0.25) is 0 Å². The van der Waals surface area contributed by atoms with Crippen molar-refractivity contribution in [3.63, 3.8) is 0 Å². The smallest absolute Gasteiger partial charge is 0.290 e. The number of aromatic nitrogens is 2. The van der Waals surface area contributed by atoms with E-state index in [2.05, 4.69) is 65.7 Å². The average molecular weight is 421 g/mol. The number of halogens is 1.